The van der Waals surface area contributed by atoms with E-state index < -0.39 is 18.0 Å². The summed E-state index contributed by atoms with van der Waals surface area (Å²) in [7, 11) is 0. The Bertz CT molecular complexity index is 858. The Kier molecular flexibility index (Phi) is 5.76. The fraction of sp³-hybridized carbons (Fsp3) is 0.136. The molecule has 0 aliphatic rings. The number of hydrogen-bond donors (Lipinski definition) is 2. The summed E-state index contributed by atoms with van der Waals surface area (Å²) in [6.07, 6.45) is 0.866. The molecule has 2 atom stereocenters. The lowest BCUT2D eigenvalue weighted by Gasteiger charge is -2.20. The van der Waals surface area contributed by atoms with Crippen LogP contribution in [0.2, 0.25) is 0 Å². The Balaban J connectivity index is 1.88. The molecule has 0 saturated carbocycles. The largest absolute Gasteiger partial charge is 0.481 e. The predicted octanol–water partition coefficient (Wildman–Crippen LogP) is 4.98. The number of hydrogen-bond acceptors (Lipinski definition) is 3. The lowest BCUT2D eigenvalue weighted by molar-refractivity contribution is -0.141. The van der Waals surface area contributed by atoms with Gasteiger partial charge in [0.2, 0.25) is 0 Å². The summed E-state index contributed by atoms with van der Waals surface area (Å²) in [5.41, 5.74) is 3.26. The maximum atomic E-state index is 11.8. The van der Waals surface area contributed by atoms with Crippen molar-refractivity contribution < 1.29 is 15.0 Å². The molecular formula is C22H20O3S. The van der Waals surface area contributed by atoms with Crippen LogP contribution in [0.25, 0.3) is 11.1 Å². The number of benzene rings is 3. The molecule has 0 aliphatic heterocycles. The summed E-state index contributed by atoms with van der Waals surface area (Å²) in [4.78, 5) is 12.9. The maximum Gasteiger partial charge on any atom is 0.314 e. The molecule has 0 saturated heterocycles. The van der Waals surface area contributed by atoms with Gasteiger partial charge in [-0.2, -0.15) is 0 Å². The molecular weight excluding hydrogens is 344 g/mol. The lowest BCUT2D eigenvalue weighted by atomic mass is 9.88. The van der Waals surface area contributed by atoms with Crippen molar-refractivity contribution in [2.75, 3.05) is 6.26 Å². The Morgan fingerprint density at radius 2 is 1.35 bits per heavy atom. The van der Waals surface area contributed by atoms with Crippen molar-refractivity contribution in [1.82, 2.24) is 0 Å². The third-order valence-corrected chi connectivity index (χ3v) is 5.16. The van der Waals surface area contributed by atoms with Crippen LogP contribution in [0.15, 0.2) is 83.8 Å². The first-order valence-corrected chi connectivity index (χ1v) is 9.53. The first-order chi connectivity index (χ1) is 12.6. The van der Waals surface area contributed by atoms with Gasteiger partial charge in [0.15, 0.2) is 0 Å². The highest BCUT2D eigenvalue weighted by molar-refractivity contribution is 7.98. The Morgan fingerprint density at radius 3 is 1.88 bits per heavy atom. The Hall–Kier alpha value is -2.56. The monoisotopic (exact) mass is 364 g/mol. The van der Waals surface area contributed by atoms with Gasteiger partial charge in [-0.25, -0.2) is 0 Å². The zero-order valence-electron chi connectivity index (χ0n) is 14.4. The Labute approximate surface area is 157 Å². The van der Waals surface area contributed by atoms with E-state index in [9.17, 15) is 15.0 Å². The SMILES string of the molecule is CSc1ccc([C@@H](O)[C@H](C(=O)O)c2ccc(-c3ccccc3)cc2)cc1. The first-order valence-electron chi connectivity index (χ1n) is 8.30. The molecule has 0 radical (unpaired) electrons. The standard InChI is InChI=1S/C22H20O3S/c1-26-19-13-11-18(12-14-19)21(23)20(22(24)25)17-9-7-16(8-10-17)15-5-3-2-4-6-15/h2-14,20-21,23H,1H3,(H,24,25)/t20-,21-/m1/s1. The summed E-state index contributed by atoms with van der Waals surface area (Å²) < 4.78 is 0. The van der Waals surface area contributed by atoms with Crippen molar-refractivity contribution in [3.8, 4) is 11.1 Å². The van der Waals surface area contributed by atoms with Gasteiger partial charge in [-0.1, -0.05) is 66.7 Å². The summed E-state index contributed by atoms with van der Waals surface area (Å²) in [5.74, 6) is -2.06. The molecule has 0 spiro atoms. The molecule has 132 valence electrons. The van der Waals surface area contributed by atoms with E-state index in [0.29, 0.717) is 11.1 Å². The van der Waals surface area contributed by atoms with Gasteiger partial charge in [-0.15, -0.1) is 11.8 Å². The van der Waals surface area contributed by atoms with Crippen LogP contribution in [0.1, 0.15) is 23.1 Å². The first kappa shape index (κ1) is 18.2. The van der Waals surface area contributed by atoms with E-state index in [1.165, 1.54) is 0 Å². The van der Waals surface area contributed by atoms with Gasteiger partial charge in [0.05, 0.1) is 6.10 Å². The van der Waals surface area contributed by atoms with E-state index in [1.807, 2.05) is 60.9 Å². The van der Waals surface area contributed by atoms with Crippen LogP contribution in [0, 0.1) is 0 Å². The summed E-state index contributed by atoms with van der Waals surface area (Å²) in [6, 6.07) is 24.6. The van der Waals surface area contributed by atoms with E-state index in [2.05, 4.69) is 0 Å². The van der Waals surface area contributed by atoms with E-state index >= 15 is 0 Å². The lowest BCUT2D eigenvalue weighted by Crippen LogP contribution is -2.20. The normalized spacial score (nSPS) is 13.2. The number of aliphatic hydroxyl groups is 1. The van der Waals surface area contributed by atoms with Gasteiger partial charge in [0, 0.05) is 4.90 Å². The number of carboxylic acid groups (broad SMARTS) is 1. The van der Waals surface area contributed by atoms with Crippen LogP contribution in [0.4, 0.5) is 0 Å². The van der Waals surface area contributed by atoms with E-state index in [1.54, 1.807) is 36.0 Å². The third-order valence-electron chi connectivity index (χ3n) is 4.42. The van der Waals surface area contributed by atoms with E-state index in [0.717, 1.165) is 16.0 Å². The molecule has 0 heterocycles. The molecule has 0 aliphatic carbocycles. The molecule has 0 unspecified atom stereocenters. The van der Waals surface area contributed by atoms with Crippen molar-refractivity contribution in [2.24, 2.45) is 0 Å². The molecule has 3 aromatic carbocycles. The van der Waals surface area contributed by atoms with Crippen molar-refractivity contribution in [1.29, 1.82) is 0 Å². The molecule has 26 heavy (non-hydrogen) atoms. The molecule has 4 heteroatoms. The minimum absolute atomic E-state index is 0.582. The highest BCUT2D eigenvalue weighted by atomic mass is 32.2. The van der Waals surface area contributed by atoms with Crippen LogP contribution >= 0.6 is 11.8 Å². The molecule has 0 aromatic heterocycles. The van der Waals surface area contributed by atoms with Crippen LogP contribution < -0.4 is 0 Å². The van der Waals surface area contributed by atoms with Gasteiger partial charge >= 0.3 is 5.97 Å². The second-order valence-electron chi connectivity index (χ2n) is 6.02. The second-order valence-corrected chi connectivity index (χ2v) is 6.90. The van der Waals surface area contributed by atoms with Gasteiger partial charge in [0.25, 0.3) is 0 Å². The molecule has 2 N–H and O–H groups in total. The van der Waals surface area contributed by atoms with Gasteiger partial charge in [-0.3, -0.25) is 4.79 Å². The molecule has 0 amide bonds. The molecule has 0 fully saturated rings. The quantitative estimate of drug-likeness (QED) is 0.606. The minimum atomic E-state index is -1.11. The van der Waals surface area contributed by atoms with Crippen molar-refractivity contribution in [3.05, 3.63) is 90.0 Å². The average Bonchev–Trinajstić information content (AvgIpc) is 2.69. The van der Waals surface area contributed by atoms with Crippen LogP contribution in [0.5, 0.6) is 0 Å². The fourth-order valence-electron chi connectivity index (χ4n) is 2.97. The number of carbonyl (C=O) groups is 1. The second kappa shape index (κ2) is 8.21. The molecule has 3 nitrogen and oxygen atoms in total. The van der Waals surface area contributed by atoms with E-state index in [-0.39, 0.29) is 0 Å². The molecule has 3 rings (SSSR count). The number of thioether (sulfide) groups is 1. The Morgan fingerprint density at radius 1 is 0.808 bits per heavy atom. The number of aliphatic carboxylic acids is 1. The number of aliphatic hydroxyl groups excluding tert-OH is 1. The summed E-state index contributed by atoms with van der Waals surface area (Å²) in [6.45, 7) is 0. The third kappa shape index (κ3) is 3.98. The zero-order chi connectivity index (χ0) is 18.5. The topological polar surface area (TPSA) is 57.5 Å². The van der Waals surface area contributed by atoms with Gasteiger partial charge in [0.1, 0.15) is 5.92 Å². The van der Waals surface area contributed by atoms with E-state index in [4.69, 9.17) is 0 Å². The van der Waals surface area contributed by atoms with Crippen molar-refractivity contribution in [2.45, 2.75) is 16.9 Å². The highest BCUT2D eigenvalue weighted by Crippen LogP contribution is 2.33. The van der Waals surface area contributed by atoms with Crippen LogP contribution in [0.3, 0.4) is 0 Å². The van der Waals surface area contributed by atoms with Gasteiger partial charge < -0.3 is 10.2 Å². The average molecular weight is 364 g/mol. The minimum Gasteiger partial charge on any atom is -0.481 e. The predicted molar refractivity (Wildman–Crippen MR) is 105 cm³/mol. The molecule has 3 aromatic rings. The maximum absolute atomic E-state index is 11.8. The smallest absolute Gasteiger partial charge is 0.314 e. The fourth-order valence-corrected chi connectivity index (χ4v) is 3.38. The van der Waals surface area contributed by atoms with Crippen LogP contribution in [-0.2, 0) is 4.79 Å². The van der Waals surface area contributed by atoms with Gasteiger partial charge in [-0.05, 0) is 40.6 Å². The van der Waals surface area contributed by atoms with Crippen molar-refractivity contribution in [3.63, 3.8) is 0 Å². The number of rotatable bonds is 6. The van der Waals surface area contributed by atoms with Crippen molar-refractivity contribution >= 4 is 17.7 Å². The highest BCUT2D eigenvalue weighted by Gasteiger charge is 2.29. The summed E-state index contributed by atoms with van der Waals surface area (Å²) in [5, 5.41) is 20.3. The zero-order valence-corrected chi connectivity index (χ0v) is 15.2. The summed E-state index contributed by atoms with van der Waals surface area (Å²) >= 11 is 1.60. The van der Waals surface area contributed by atoms with Crippen LogP contribution in [-0.4, -0.2) is 22.4 Å². The number of carboxylic acids is 1. The molecule has 0 bridgehead atoms.